The fraction of sp³-hybridized carbons (Fsp3) is 0.647. The van der Waals surface area contributed by atoms with Gasteiger partial charge in [0.25, 0.3) is 5.71 Å². The predicted molar refractivity (Wildman–Crippen MR) is 91.3 cm³/mol. The normalized spacial score (nSPS) is 22.6. The van der Waals surface area contributed by atoms with Gasteiger partial charge in [-0.05, 0) is 25.7 Å². The molecule has 2 aromatic rings. The van der Waals surface area contributed by atoms with Crippen LogP contribution in [0.4, 0.5) is 5.82 Å². The molecule has 1 spiro atoms. The number of ether oxygens (including phenoxy) is 1. The molecule has 4 heterocycles. The number of anilines is 1. The number of amides is 1. The van der Waals surface area contributed by atoms with Gasteiger partial charge in [0.1, 0.15) is 6.33 Å². The molecular weight excluding hydrogens is 322 g/mol. The second kappa shape index (κ2) is 6.25. The molecule has 4 rings (SSSR count). The van der Waals surface area contributed by atoms with Crippen LogP contribution in [0.2, 0.25) is 0 Å². The summed E-state index contributed by atoms with van der Waals surface area (Å²) in [7, 11) is 0. The number of aromatic nitrogens is 3. The molecule has 8 heteroatoms. The summed E-state index contributed by atoms with van der Waals surface area (Å²) in [6, 6.07) is 0. The number of hydrogen-bond acceptors (Lipinski definition) is 7. The van der Waals surface area contributed by atoms with Gasteiger partial charge in [0.05, 0.1) is 11.7 Å². The SMILES string of the molecule is CC(=O)NC[C@H]1CCC2(CCN(c3ncnc4oc(C)nc34)CC2)O1. The Bertz CT molecular complexity index is 782. The minimum absolute atomic E-state index is 0.00458. The van der Waals surface area contributed by atoms with E-state index in [-0.39, 0.29) is 17.6 Å². The van der Waals surface area contributed by atoms with Crippen molar-refractivity contribution in [3.63, 3.8) is 0 Å². The third kappa shape index (κ3) is 3.18. The molecule has 0 unspecified atom stereocenters. The summed E-state index contributed by atoms with van der Waals surface area (Å²) in [6.45, 7) is 5.69. The highest BCUT2D eigenvalue weighted by Crippen LogP contribution is 2.40. The monoisotopic (exact) mass is 345 g/mol. The average molecular weight is 345 g/mol. The Kier molecular flexibility index (Phi) is 4.07. The molecule has 0 aromatic carbocycles. The molecule has 0 aliphatic carbocycles. The van der Waals surface area contributed by atoms with E-state index >= 15 is 0 Å². The highest BCUT2D eigenvalue weighted by Gasteiger charge is 2.42. The first-order valence-electron chi connectivity index (χ1n) is 8.80. The Balaban J connectivity index is 1.42. The summed E-state index contributed by atoms with van der Waals surface area (Å²) in [5, 5.41) is 2.86. The summed E-state index contributed by atoms with van der Waals surface area (Å²) < 4.78 is 11.8. The first kappa shape index (κ1) is 16.3. The molecule has 2 fully saturated rings. The van der Waals surface area contributed by atoms with Crippen molar-refractivity contribution in [1.82, 2.24) is 20.3 Å². The van der Waals surface area contributed by atoms with Crippen LogP contribution < -0.4 is 10.2 Å². The van der Waals surface area contributed by atoms with Crippen molar-refractivity contribution < 1.29 is 13.9 Å². The molecule has 1 N–H and O–H groups in total. The van der Waals surface area contributed by atoms with E-state index in [2.05, 4.69) is 25.2 Å². The zero-order chi connectivity index (χ0) is 17.4. The summed E-state index contributed by atoms with van der Waals surface area (Å²) in [5.41, 5.74) is 1.20. The Labute approximate surface area is 146 Å². The predicted octanol–water partition coefficient (Wildman–Crippen LogP) is 1.58. The van der Waals surface area contributed by atoms with Crippen LogP contribution >= 0.6 is 0 Å². The lowest BCUT2D eigenvalue weighted by Crippen LogP contribution is -2.45. The number of carbonyl (C=O) groups excluding carboxylic acids is 1. The minimum Gasteiger partial charge on any atom is -0.422 e. The van der Waals surface area contributed by atoms with E-state index in [4.69, 9.17) is 9.15 Å². The number of carbonyl (C=O) groups is 1. The zero-order valence-electron chi connectivity index (χ0n) is 14.6. The Morgan fingerprint density at radius 2 is 2.16 bits per heavy atom. The van der Waals surface area contributed by atoms with Gasteiger partial charge >= 0.3 is 0 Å². The minimum atomic E-state index is -0.0640. The first-order valence-corrected chi connectivity index (χ1v) is 8.80. The highest BCUT2D eigenvalue weighted by atomic mass is 16.5. The number of fused-ring (bicyclic) bond motifs is 1. The summed E-state index contributed by atoms with van der Waals surface area (Å²) in [4.78, 5) is 26.3. The number of aryl methyl sites for hydroxylation is 1. The molecular formula is C17H23N5O3. The van der Waals surface area contributed by atoms with Crippen molar-refractivity contribution in [2.45, 2.75) is 51.2 Å². The maximum atomic E-state index is 11.1. The topological polar surface area (TPSA) is 93.4 Å². The number of nitrogens with zero attached hydrogens (tertiary/aromatic N) is 4. The molecule has 134 valence electrons. The van der Waals surface area contributed by atoms with E-state index < -0.39 is 0 Å². The van der Waals surface area contributed by atoms with Crippen molar-refractivity contribution in [2.75, 3.05) is 24.5 Å². The van der Waals surface area contributed by atoms with Gasteiger partial charge in [-0.15, -0.1) is 0 Å². The second-order valence-corrected chi connectivity index (χ2v) is 6.97. The molecule has 25 heavy (non-hydrogen) atoms. The third-order valence-corrected chi connectivity index (χ3v) is 5.17. The quantitative estimate of drug-likeness (QED) is 0.902. The number of piperidine rings is 1. The summed E-state index contributed by atoms with van der Waals surface area (Å²) in [5.74, 6) is 1.43. The van der Waals surface area contributed by atoms with Crippen LogP contribution in [-0.2, 0) is 9.53 Å². The van der Waals surface area contributed by atoms with Crippen molar-refractivity contribution in [3.8, 4) is 0 Å². The Hall–Kier alpha value is -2.22. The highest BCUT2D eigenvalue weighted by molar-refractivity contribution is 5.81. The molecule has 0 radical (unpaired) electrons. The van der Waals surface area contributed by atoms with E-state index in [0.717, 1.165) is 50.1 Å². The van der Waals surface area contributed by atoms with Crippen molar-refractivity contribution in [1.29, 1.82) is 0 Å². The van der Waals surface area contributed by atoms with E-state index in [9.17, 15) is 4.79 Å². The Morgan fingerprint density at radius 1 is 1.36 bits per heavy atom. The van der Waals surface area contributed by atoms with Crippen LogP contribution in [0.3, 0.4) is 0 Å². The molecule has 8 nitrogen and oxygen atoms in total. The van der Waals surface area contributed by atoms with Crippen LogP contribution in [0.15, 0.2) is 10.7 Å². The lowest BCUT2D eigenvalue weighted by atomic mass is 9.88. The number of rotatable bonds is 3. The van der Waals surface area contributed by atoms with Gasteiger partial charge in [0, 0.05) is 33.5 Å². The molecule has 2 aliphatic rings. The van der Waals surface area contributed by atoms with Gasteiger partial charge in [-0.2, -0.15) is 4.98 Å². The van der Waals surface area contributed by atoms with E-state index in [0.29, 0.717) is 18.1 Å². The maximum Gasteiger partial charge on any atom is 0.252 e. The molecule has 2 aliphatic heterocycles. The fourth-order valence-corrected chi connectivity index (χ4v) is 3.87. The molecule has 2 aromatic heterocycles. The van der Waals surface area contributed by atoms with Crippen LogP contribution in [0.25, 0.3) is 11.2 Å². The van der Waals surface area contributed by atoms with Gasteiger partial charge in [-0.25, -0.2) is 9.97 Å². The summed E-state index contributed by atoms with van der Waals surface area (Å²) >= 11 is 0. The smallest absolute Gasteiger partial charge is 0.252 e. The van der Waals surface area contributed by atoms with Crippen LogP contribution in [0, 0.1) is 6.92 Å². The zero-order valence-corrected chi connectivity index (χ0v) is 14.6. The van der Waals surface area contributed by atoms with Crippen LogP contribution in [0.1, 0.15) is 38.5 Å². The van der Waals surface area contributed by atoms with Gasteiger partial charge in [-0.3, -0.25) is 4.79 Å². The maximum absolute atomic E-state index is 11.1. The number of oxazole rings is 1. The molecule has 0 saturated carbocycles. The largest absolute Gasteiger partial charge is 0.422 e. The molecule has 2 saturated heterocycles. The van der Waals surface area contributed by atoms with Crippen LogP contribution in [0.5, 0.6) is 0 Å². The standard InChI is InChI=1S/C17H23N5O3/c1-11(23)18-9-13-3-4-17(25-13)5-7-22(8-6-17)15-14-16(20-10-19-15)24-12(2)21-14/h10,13H,3-9H2,1-2H3,(H,18,23)/t13-/m1/s1. The van der Waals surface area contributed by atoms with Gasteiger partial charge in [-0.1, -0.05) is 0 Å². The van der Waals surface area contributed by atoms with Crippen molar-refractivity contribution in [3.05, 3.63) is 12.2 Å². The molecule has 1 amide bonds. The lowest BCUT2D eigenvalue weighted by molar-refractivity contribution is -0.120. The number of nitrogens with one attached hydrogen (secondary N) is 1. The van der Waals surface area contributed by atoms with E-state index in [1.54, 1.807) is 0 Å². The van der Waals surface area contributed by atoms with Crippen molar-refractivity contribution in [2.24, 2.45) is 0 Å². The van der Waals surface area contributed by atoms with Gasteiger partial charge < -0.3 is 19.4 Å². The fourth-order valence-electron chi connectivity index (χ4n) is 3.87. The van der Waals surface area contributed by atoms with Crippen molar-refractivity contribution >= 4 is 23.0 Å². The summed E-state index contributed by atoms with van der Waals surface area (Å²) in [6.07, 6.45) is 5.60. The molecule has 0 bridgehead atoms. The van der Waals surface area contributed by atoms with E-state index in [1.165, 1.54) is 13.3 Å². The van der Waals surface area contributed by atoms with E-state index in [1.807, 2.05) is 6.92 Å². The third-order valence-electron chi connectivity index (χ3n) is 5.17. The molecule has 1 atom stereocenters. The lowest BCUT2D eigenvalue weighted by Gasteiger charge is -2.39. The number of hydrogen-bond donors (Lipinski definition) is 1. The van der Waals surface area contributed by atoms with Gasteiger partial charge in [0.2, 0.25) is 5.91 Å². The second-order valence-electron chi connectivity index (χ2n) is 6.97. The average Bonchev–Trinajstić information content (AvgIpc) is 3.16. The first-order chi connectivity index (χ1) is 12.0. The van der Waals surface area contributed by atoms with Crippen LogP contribution in [-0.4, -0.2) is 52.2 Å². The Morgan fingerprint density at radius 3 is 2.92 bits per heavy atom. The van der Waals surface area contributed by atoms with Gasteiger partial charge in [0.15, 0.2) is 17.2 Å².